The molecule has 2 aliphatic rings. The summed E-state index contributed by atoms with van der Waals surface area (Å²) in [6, 6.07) is 23.7. The van der Waals surface area contributed by atoms with E-state index in [-0.39, 0.29) is 11.9 Å². The van der Waals surface area contributed by atoms with E-state index in [1.54, 1.807) is 30.5 Å². The smallest absolute Gasteiger partial charge is 0.148 e. The van der Waals surface area contributed by atoms with Crippen molar-refractivity contribution in [2.75, 3.05) is 5.32 Å². The van der Waals surface area contributed by atoms with Crippen LogP contribution in [0.5, 0.6) is 0 Å². The van der Waals surface area contributed by atoms with Gasteiger partial charge in [0.25, 0.3) is 0 Å². The van der Waals surface area contributed by atoms with Gasteiger partial charge >= 0.3 is 0 Å². The first-order valence-electron chi connectivity index (χ1n) is 10.9. The molecule has 0 atom stereocenters. The van der Waals surface area contributed by atoms with Crippen LogP contribution < -0.4 is 10.7 Å². The molecule has 6 nitrogen and oxygen atoms in total. The molecule has 166 valence electrons. The van der Waals surface area contributed by atoms with Crippen molar-refractivity contribution in [2.45, 2.75) is 19.9 Å². The Labute approximate surface area is 196 Å². The minimum atomic E-state index is -0.294. The van der Waals surface area contributed by atoms with Crippen molar-refractivity contribution < 1.29 is 4.39 Å². The number of aromatic nitrogens is 3. The predicted molar refractivity (Wildman–Crippen MR) is 131 cm³/mol. The molecule has 5 rings (SSSR count). The first-order valence-corrected chi connectivity index (χ1v) is 10.9. The number of benzene rings is 3. The van der Waals surface area contributed by atoms with Crippen LogP contribution in [0.3, 0.4) is 0 Å². The van der Waals surface area contributed by atoms with Crippen molar-refractivity contribution in [2.24, 2.45) is 4.99 Å². The molecule has 7 heteroatoms. The van der Waals surface area contributed by atoms with Crippen molar-refractivity contribution in [3.63, 3.8) is 0 Å². The molecule has 2 heterocycles. The van der Waals surface area contributed by atoms with Crippen molar-refractivity contribution in [3.8, 4) is 23.1 Å². The molecule has 1 aromatic heterocycles. The third-order valence-corrected chi connectivity index (χ3v) is 5.36. The van der Waals surface area contributed by atoms with Gasteiger partial charge in [0.1, 0.15) is 17.7 Å². The number of rotatable bonds is 4. The van der Waals surface area contributed by atoms with Gasteiger partial charge in [-0.05, 0) is 74.5 Å². The molecule has 1 N–H and O–H groups in total. The third kappa shape index (κ3) is 3.97. The van der Waals surface area contributed by atoms with E-state index in [0.717, 1.165) is 28.1 Å². The van der Waals surface area contributed by atoms with E-state index in [1.807, 2.05) is 50.2 Å². The molecule has 0 fully saturated rings. The van der Waals surface area contributed by atoms with Crippen molar-refractivity contribution in [1.29, 1.82) is 5.26 Å². The lowest BCUT2D eigenvalue weighted by molar-refractivity contribution is 0.627. The molecule has 0 spiro atoms. The van der Waals surface area contributed by atoms with Crippen LogP contribution in [0.1, 0.15) is 19.4 Å². The van der Waals surface area contributed by atoms with Gasteiger partial charge in [0.05, 0.1) is 39.0 Å². The minimum Gasteiger partial charge on any atom is -0.337 e. The largest absolute Gasteiger partial charge is 0.337 e. The predicted octanol–water partition coefficient (Wildman–Crippen LogP) is 5.59. The molecule has 3 aromatic rings. The number of nitriles is 1. The summed E-state index contributed by atoms with van der Waals surface area (Å²) in [6.07, 6.45) is 1.64. The zero-order valence-electron chi connectivity index (χ0n) is 18.7. The molecule has 2 aromatic carbocycles. The number of nitrogens with one attached hydrogen (secondary N) is 1. The highest BCUT2D eigenvalue weighted by Crippen LogP contribution is 2.30. The molecule has 1 aliphatic carbocycles. The molecule has 0 saturated carbocycles. The second-order valence-electron chi connectivity index (χ2n) is 8.13. The Bertz CT molecular complexity index is 1580. The monoisotopic (exact) mass is 448 g/mol. The lowest BCUT2D eigenvalue weighted by Crippen LogP contribution is -2.17. The van der Waals surface area contributed by atoms with Gasteiger partial charge in [-0.25, -0.2) is 14.4 Å². The number of nitrogens with zero attached hydrogens (tertiary/aromatic N) is 5. The first kappa shape index (κ1) is 21.3. The fourth-order valence-corrected chi connectivity index (χ4v) is 3.92. The zero-order chi connectivity index (χ0) is 23.7. The van der Waals surface area contributed by atoms with Gasteiger partial charge in [0.15, 0.2) is 0 Å². The van der Waals surface area contributed by atoms with Crippen LogP contribution >= 0.6 is 0 Å². The van der Waals surface area contributed by atoms with Gasteiger partial charge in [-0.3, -0.25) is 4.99 Å². The molecule has 0 radical (unpaired) electrons. The van der Waals surface area contributed by atoms with Crippen molar-refractivity contribution in [1.82, 2.24) is 14.5 Å². The highest BCUT2D eigenvalue weighted by Gasteiger charge is 2.17. The fourth-order valence-electron chi connectivity index (χ4n) is 3.92. The summed E-state index contributed by atoms with van der Waals surface area (Å²) in [5.74, 6) is 0.161. The van der Waals surface area contributed by atoms with Crippen LogP contribution in [-0.4, -0.2) is 20.6 Å². The number of hydrogen-bond acceptors (Lipinski definition) is 5. The van der Waals surface area contributed by atoms with E-state index in [4.69, 9.17) is 9.98 Å². The Morgan fingerprint density at radius 1 is 1.03 bits per heavy atom. The van der Waals surface area contributed by atoms with Crippen LogP contribution in [0.25, 0.3) is 28.1 Å². The van der Waals surface area contributed by atoms with E-state index >= 15 is 0 Å². The van der Waals surface area contributed by atoms with Crippen molar-refractivity contribution >= 4 is 22.5 Å². The van der Waals surface area contributed by atoms with E-state index in [0.29, 0.717) is 22.4 Å². The SMILES string of the molecule is CC(C)N=c1cc2n(-c3ccc(F)cc3)c3ccccc3nc-2cc1Nc1ncccc1C#N. The maximum atomic E-state index is 13.7. The van der Waals surface area contributed by atoms with E-state index in [9.17, 15) is 9.65 Å². The van der Waals surface area contributed by atoms with Gasteiger partial charge < -0.3 is 9.88 Å². The Morgan fingerprint density at radius 2 is 1.82 bits per heavy atom. The molecule has 0 saturated heterocycles. The summed E-state index contributed by atoms with van der Waals surface area (Å²) in [7, 11) is 0. The standard InChI is InChI=1S/C27H21FN6/c1-17(2)31-23-15-26-24(14-22(23)33-27-18(16-29)6-5-13-30-27)32-21-7-3-4-8-25(21)34(26)20-11-9-19(28)10-12-20/h3-15,17H,1-2H3,(H,30,33). The van der Waals surface area contributed by atoms with Gasteiger partial charge in [-0.2, -0.15) is 5.26 Å². The number of halogens is 1. The van der Waals surface area contributed by atoms with E-state index < -0.39 is 0 Å². The van der Waals surface area contributed by atoms with Crippen LogP contribution in [0.15, 0.2) is 84.0 Å². The number of pyridine rings is 1. The fraction of sp³-hybridized carbons (Fsp3) is 0.111. The maximum absolute atomic E-state index is 13.7. The Hall–Kier alpha value is -4.57. The Kier molecular flexibility index (Phi) is 5.48. The number of fused-ring (bicyclic) bond motifs is 2. The summed E-state index contributed by atoms with van der Waals surface area (Å²) in [5, 5.41) is 13.5. The highest BCUT2D eigenvalue weighted by atomic mass is 19.1. The van der Waals surface area contributed by atoms with Gasteiger partial charge in [-0.15, -0.1) is 0 Å². The number of hydrogen-bond donors (Lipinski definition) is 1. The topological polar surface area (TPSA) is 78.9 Å². The van der Waals surface area contributed by atoms with Crippen LogP contribution in [0.2, 0.25) is 0 Å². The van der Waals surface area contributed by atoms with Gasteiger partial charge in [0, 0.05) is 17.9 Å². The minimum absolute atomic E-state index is 0.0323. The molecular weight excluding hydrogens is 427 g/mol. The molecule has 0 unspecified atom stereocenters. The summed E-state index contributed by atoms with van der Waals surface area (Å²) >= 11 is 0. The van der Waals surface area contributed by atoms with Crippen LogP contribution in [0, 0.1) is 17.1 Å². The second kappa shape index (κ2) is 8.75. The molecule has 0 amide bonds. The van der Waals surface area contributed by atoms with Crippen LogP contribution in [-0.2, 0) is 0 Å². The van der Waals surface area contributed by atoms with Crippen LogP contribution in [0.4, 0.5) is 15.9 Å². The summed E-state index contributed by atoms with van der Waals surface area (Å²) in [4.78, 5) is 14.0. The quantitative estimate of drug-likeness (QED) is 0.364. The number of anilines is 2. The third-order valence-electron chi connectivity index (χ3n) is 5.36. The highest BCUT2D eigenvalue weighted by molar-refractivity contribution is 5.84. The zero-order valence-corrected chi connectivity index (χ0v) is 18.7. The normalized spacial score (nSPS) is 11.8. The average Bonchev–Trinajstić information content (AvgIpc) is 2.84. The Balaban J connectivity index is 1.82. The lowest BCUT2D eigenvalue weighted by atomic mass is 10.1. The summed E-state index contributed by atoms with van der Waals surface area (Å²) in [5.41, 5.74) is 5.21. The van der Waals surface area contributed by atoms with E-state index in [2.05, 4.69) is 20.9 Å². The molecule has 1 aliphatic heterocycles. The maximum Gasteiger partial charge on any atom is 0.148 e. The Morgan fingerprint density at radius 3 is 2.59 bits per heavy atom. The molecule has 0 bridgehead atoms. The van der Waals surface area contributed by atoms with Gasteiger partial charge in [0.2, 0.25) is 0 Å². The summed E-state index contributed by atoms with van der Waals surface area (Å²) < 4.78 is 15.7. The van der Waals surface area contributed by atoms with E-state index in [1.165, 1.54) is 12.1 Å². The summed E-state index contributed by atoms with van der Waals surface area (Å²) in [6.45, 7) is 4.00. The molecule has 34 heavy (non-hydrogen) atoms. The van der Waals surface area contributed by atoms with Gasteiger partial charge in [-0.1, -0.05) is 12.1 Å². The second-order valence-corrected chi connectivity index (χ2v) is 8.13. The number of para-hydroxylation sites is 2. The first-order chi connectivity index (χ1) is 16.5. The van der Waals surface area contributed by atoms with Crippen molar-refractivity contribution in [3.05, 3.63) is 95.7 Å². The lowest BCUT2D eigenvalue weighted by Gasteiger charge is -2.20. The molecular formula is C27H21FN6. The average molecular weight is 449 g/mol.